The second-order valence-electron chi connectivity index (χ2n) is 7.34. The lowest BCUT2D eigenvalue weighted by molar-refractivity contribution is 0.0989. The van der Waals surface area contributed by atoms with Gasteiger partial charge in [0.1, 0.15) is 5.69 Å². The number of nitrogens with two attached hydrogens (primary N) is 1. The quantitative estimate of drug-likeness (QED) is 0.514. The number of aromatic amines is 1. The molecule has 1 aliphatic rings. The van der Waals surface area contributed by atoms with Gasteiger partial charge in [-0.3, -0.25) is 14.7 Å². The Hall–Kier alpha value is -4.40. The van der Waals surface area contributed by atoms with Crippen LogP contribution in [0.4, 0.5) is 14.5 Å². The van der Waals surface area contributed by atoms with Crippen molar-refractivity contribution in [3.05, 3.63) is 89.1 Å². The van der Waals surface area contributed by atoms with Gasteiger partial charge in [-0.2, -0.15) is 0 Å². The molecule has 7 nitrogen and oxygen atoms in total. The normalized spacial score (nSPS) is 12.8. The van der Waals surface area contributed by atoms with Crippen molar-refractivity contribution in [1.82, 2.24) is 15.4 Å². The van der Waals surface area contributed by atoms with Crippen LogP contribution in [0.2, 0.25) is 0 Å². The van der Waals surface area contributed by atoms with Crippen LogP contribution < -0.4 is 10.6 Å². The number of amides is 2. The van der Waals surface area contributed by atoms with E-state index in [-0.39, 0.29) is 17.3 Å². The number of nitrogens with zero attached hydrogens (tertiary/aromatic N) is 3. The molecule has 0 atom stereocenters. The molecule has 4 aromatic rings. The largest absolute Gasteiger partial charge is 0.364 e. The van der Waals surface area contributed by atoms with Gasteiger partial charge in [0, 0.05) is 16.8 Å². The van der Waals surface area contributed by atoms with E-state index in [1.54, 1.807) is 47.4 Å². The number of rotatable bonds is 4. The summed E-state index contributed by atoms with van der Waals surface area (Å²) in [5, 5.41) is 9.99. The fourth-order valence-electron chi connectivity index (χ4n) is 3.79. The van der Waals surface area contributed by atoms with E-state index < -0.39 is 17.5 Å². The van der Waals surface area contributed by atoms with Gasteiger partial charge < -0.3 is 10.6 Å². The van der Waals surface area contributed by atoms with Gasteiger partial charge in [0.25, 0.3) is 11.8 Å². The Kier molecular flexibility index (Phi) is 4.51. The predicted molar refractivity (Wildman–Crippen MR) is 113 cm³/mol. The van der Waals surface area contributed by atoms with Crippen molar-refractivity contribution in [1.29, 1.82) is 0 Å². The average Bonchev–Trinajstić information content (AvgIpc) is 3.41. The van der Waals surface area contributed by atoms with E-state index >= 15 is 0 Å². The van der Waals surface area contributed by atoms with Crippen LogP contribution in [0, 0.1) is 11.6 Å². The van der Waals surface area contributed by atoms with Gasteiger partial charge in [0.15, 0.2) is 17.3 Å². The molecule has 0 bridgehead atoms. The lowest BCUT2D eigenvalue weighted by Crippen LogP contribution is -2.22. The zero-order valence-corrected chi connectivity index (χ0v) is 16.5. The number of nitrogens with one attached hydrogen (secondary N) is 1. The molecule has 9 heteroatoms. The Morgan fingerprint density at radius 1 is 0.969 bits per heavy atom. The van der Waals surface area contributed by atoms with Crippen molar-refractivity contribution < 1.29 is 18.4 Å². The molecule has 3 N–H and O–H groups in total. The van der Waals surface area contributed by atoms with Crippen LogP contribution in [0.15, 0.2) is 60.7 Å². The number of benzene rings is 3. The number of halogens is 2. The van der Waals surface area contributed by atoms with Crippen molar-refractivity contribution in [2.45, 2.75) is 6.54 Å². The Morgan fingerprint density at radius 3 is 2.53 bits per heavy atom. The number of carbonyl (C=O) groups excluding carboxylic acids is 2. The summed E-state index contributed by atoms with van der Waals surface area (Å²) in [4.78, 5) is 26.3. The molecule has 0 saturated carbocycles. The van der Waals surface area contributed by atoms with Crippen LogP contribution in [-0.2, 0) is 6.54 Å². The van der Waals surface area contributed by atoms with Crippen molar-refractivity contribution in [2.24, 2.45) is 5.73 Å². The Morgan fingerprint density at radius 2 is 1.75 bits per heavy atom. The first-order valence-electron chi connectivity index (χ1n) is 9.64. The fraction of sp³-hybridized carbons (Fsp3) is 0.0435. The number of hydrogen-bond donors (Lipinski definition) is 2. The molecule has 32 heavy (non-hydrogen) atoms. The number of anilines is 1. The second-order valence-corrected chi connectivity index (χ2v) is 7.34. The molecule has 0 saturated heterocycles. The van der Waals surface area contributed by atoms with Gasteiger partial charge in [-0.05, 0) is 47.0 Å². The highest BCUT2D eigenvalue weighted by atomic mass is 19.2. The number of carbonyl (C=O) groups is 2. The monoisotopic (exact) mass is 431 g/mol. The minimum atomic E-state index is -0.937. The van der Waals surface area contributed by atoms with E-state index in [9.17, 15) is 18.4 Å². The van der Waals surface area contributed by atoms with Gasteiger partial charge in [-0.15, -0.1) is 5.10 Å². The van der Waals surface area contributed by atoms with Gasteiger partial charge in [0.05, 0.1) is 6.54 Å². The van der Waals surface area contributed by atoms with Crippen LogP contribution in [-0.4, -0.2) is 27.2 Å². The number of primary amides is 1. The van der Waals surface area contributed by atoms with Crippen LogP contribution >= 0.6 is 0 Å². The molecule has 0 radical (unpaired) electrons. The minimum absolute atomic E-state index is 0.0616. The maximum Gasteiger partial charge on any atom is 0.269 e. The van der Waals surface area contributed by atoms with Crippen molar-refractivity contribution >= 4 is 17.5 Å². The molecule has 2 heterocycles. The van der Waals surface area contributed by atoms with E-state index in [1.165, 1.54) is 6.07 Å². The number of hydrogen-bond acceptors (Lipinski definition) is 4. The third-order valence-corrected chi connectivity index (χ3v) is 5.39. The standard InChI is InChI=1S/C23H15F2N5O2/c24-18-7-6-13(10-19(18)25)12-2-1-3-16(8-12)30-11-15-5-4-14(9-17(15)23(30)32)20-21(22(26)31)28-29-27-20/h1-10H,11H2,(H2,26,31)(H,27,28,29). The summed E-state index contributed by atoms with van der Waals surface area (Å²) in [6.07, 6.45) is 0. The Labute approximate surface area is 180 Å². The molecule has 0 aliphatic carbocycles. The molecule has 158 valence electrons. The zero-order valence-electron chi connectivity index (χ0n) is 16.5. The summed E-state index contributed by atoms with van der Waals surface area (Å²) in [6, 6.07) is 15.9. The summed E-state index contributed by atoms with van der Waals surface area (Å²) >= 11 is 0. The third-order valence-electron chi connectivity index (χ3n) is 5.39. The molecule has 5 rings (SSSR count). The third kappa shape index (κ3) is 3.20. The van der Waals surface area contributed by atoms with E-state index in [0.29, 0.717) is 34.5 Å². The smallest absolute Gasteiger partial charge is 0.269 e. The Bertz CT molecular complexity index is 1400. The topological polar surface area (TPSA) is 105 Å². The van der Waals surface area contributed by atoms with E-state index in [2.05, 4.69) is 15.4 Å². The number of aromatic nitrogens is 3. The minimum Gasteiger partial charge on any atom is -0.364 e. The fourth-order valence-corrected chi connectivity index (χ4v) is 3.79. The summed E-state index contributed by atoms with van der Waals surface area (Å²) < 4.78 is 26.9. The molecule has 1 aliphatic heterocycles. The lowest BCUT2D eigenvalue weighted by Gasteiger charge is -2.17. The van der Waals surface area contributed by atoms with Gasteiger partial charge in [0.2, 0.25) is 0 Å². The maximum atomic E-state index is 13.7. The maximum absolute atomic E-state index is 13.7. The first-order valence-corrected chi connectivity index (χ1v) is 9.64. The van der Waals surface area contributed by atoms with Crippen molar-refractivity contribution in [3.63, 3.8) is 0 Å². The molecule has 0 fully saturated rings. The first kappa shape index (κ1) is 19.6. The van der Waals surface area contributed by atoms with Crippen LogP contribution in [0.1, 0.15) is 26.4 Å². The van der Waals surface area contributed by atoms with Crippen molar-refractivity contribution in [2.75, 3.05) is 4.90 Å². The first-order chi connectivity index (χ1) is 15.4. The lowest BCUT2D eigenvalue weighted by atomic mass is 10.0. The molecular formula is C23H15F2N5O2. The van der Waals surface area contributed by atoms with E-state index in [1.807, 2.05) is 0 Å². The highest BCUT2D eigenvalue weighted by Crippen LogP contribution is 2.33. The van der Waals surface area contributed by atoms with Gasteiger partial charge in [-0.1, -0.05) is 35.5 Å². The van der Waals surface area contributed by atoms with Gasteiger partial charge >= 0.3 is 0 Å². The molecule has 1 aromatic heterocycles. The molecular weight excluding hydrogens is 416 g/mol. The summed E-state index contributed by atoms with van der Waals surface area (Å²) in [6.45, 7) is 0.344. The van der Waals surface area contributed by atoms with Crippen LogP contribution in [0.25, 0.3) is 22.4 Å². The number of H-pyrrole nitrogens is 1. The molecule has 0 unspecified atom stereocenters. The van der Waals surface area contributed by atoms with Crippen LogP contribution in [0.3, 0.4) is 0 Å². The highest BCUT2D eigenvalue weighted by Gasteiger charge is 2.29. The summed E-state index contributed by atoms with van der Waals surface area (Å²) in [5.74, 6) is -2.79. The number of fused-ring (bicyclic) bond motifs is 1. The Balaban J connectivity index is 1.48. The SMILES string of the molecule is NC(=O)c1[nH]nnc1-c1ccc2c(c1)C(=O)N(c1cccc(-c3ccc(F)c(F)c3)c1)C2. The highest BCUT2D eigenvalue weighted by molar-refractivity contribution is 6.11. The van der Waals surface area contributed by atoms with E-state index in [4.69, 9.17) is 5.73 Å². The zero-order chi connectivity index (χ0) is 22.4. The summed E-state index contributed by atoms with van der Waals surface area (Å²) in [5.41, 5.74) is 9.27. The second kappa shape index (κ2) is 7.38. The van der Waals surface area contributed by atoms with Crippen molar-refractivity contribution in [3.8, 4) is 22.4 Å². The molecule has 3 aromatic carbocycles. The molecule has 0 spiro atoms. The average molecular weight is 431 g/mol. The van der Waals surface area contributed by atoms with E-state index in [0.717, 1.165) is 17.7 Å². The predicted octanol–water partition coefficient (Wildman–Crippen LogP) is 3.68. The van der Waals surface area contributed by atoms with Crippen LogP contribution in [0.5, 0.6) is 0 Å². The van der Waals surface area contributed by atoms with Gasteiger partial charge in [-0.25, -0.2) is 8.78 Å². The summed E-state index contributed by atoms with van der Waals surface area (Å²) in [7, 11) is 0. The molecule has 2 amide bonds.